The van der Waals surface area contributed by atoms with Crippen molar-refractivity contribution in [3.05, 3.63) is 58.8 Å². The van der Waals surface area contributed by atoms with Gasteiger partial charge in [-0.3, -0.25) is 19.8 Å². The van der Waals surface area contributed by atoms with Gasteiger partial charge in [-0.1, -0.05) is 12.1 Å². The van der Waals surface area contributed by atoms with Gasteiger partial charge >= 0.3 is 6.09 Å². The van der Waals surface area contributed by atoms with Crippen LogP contribution >= 0.6 is 11.8 Å². The normalized spacial score (nSPS) is 21.7. The average molecular weight is 498 g/mol. The standard InChI is InChI=1S/C24H24FN5O4S/c25-19-12-17(30-14-18(13-26)34-24(30)33)5-6-20(19)29-9-7-28(8-10-29)16-3-1-15(2-4-16)11-21-22(31)27-23(32)35-21/h1-6,11-12,18H,7-10,13-14,26H2,(H,27,31,32)/b21-11-/t18-/m0/s1. The molecule has 3 fully saturated rings. The van der Waals surface area contributed by atoms with E-state index >= 15 is 0 Å². The number of thioether (sulfide) groups is 1. The molecular formula is C24H24FN5O4S. The lowest BCUT2D eigenvalue weighted by Gasteiger charge is -2.37. The maximum Gasteiger partial charge on any atom is 0.414 e. The molecular weight excluding hydrogens is 473 g/mol. The van der Waals surface area contributed by atoms with Crippen molar-refractivity contribution in [2.75, 3.05) is 54.0 Å². The summed E-state index contributed by atoms with van der Waals surface area (Å²) in [5.41, 5.74) is 8.40. The number of carbonyl (C=O) groups is 3. The Kier molecular flexibility index (Phi) is 6.35. The molecule has 2 aromatic carbocycles. The molecule has 2 aromatic rings. The van der Waals surface area contributed by atoms with E-state index in [1.807, 2.05) is 29.2 Å². The number of halogens is 1. The highest BCUT2D eigenvalue weighted by Crippen LogP contribution is 2.30. The Morgan fingerprint density at radius 3 is 2.31 bits per heavy atom. The van der Waals surface area contributed by atoms with Crippen LogP contribution in [0.3, 0.4) is 0 Å². The highest BCUT2D eigenvalue weighted by Gasteiger charge is 2.32. The number of amides is 3. The van der Waals surface area contributed by atoms with E-state index in [0.29, 0.717) is 49.0 Å². The van der Waals surface area contributed by atoms with E-state index < -0.39 is 6.09 Å². The third-order valence-corrected chi connectivity index (χ3v) is 7.01. The number of piperazine rings is 1. The van der Waals surface area contributed by atoms with Gasteiger partial charge in [-0.2, -0.15) is 0 Å². The molecule has 0 radical (unpaired) electrons. The van der Waals surface area contributed by atoms with Gasteiger partial charge in [0.2, 0.25) is 0 Å². The molecule has 9 nitrogen and oxygen atoms in total. The van der Waals surface area contributed by atoms with E-state index in [9.17, 15) is 18.8 Å². The number of rotatable bonds is 5. The highest BCUT2D eigenvalue weighted by atomic mass is 32.2. The first kappa shape index (κ1) is 23.2. The maximum atomic E-state index is 15.0. The number of ether oxygens (including phenoxy) is 1. The van der Waals surface area contributed by atoms with Gasteiger partial charge in [0.15, 0.2) is 0 Å². The second kappa shape index (κ2) is 9.59. The van der Waals surface area contributed by atoms with Crippen molar-refractivity contribution in [3.8, 4) is 0 Å². The predicted molar refractivity (Wildman–Crippen MR) is 133 cm³/mol. The second-order valence-electron chi connectivity index (χ2n) is 8.41. The zero-order valence-corrected chi connectivity index (χ0v) is 19.6. The van der Waals surface area contributed by atoms with Gasteiger partial charge in [0, 0.05) is 38.4 Å². The molecule has 3 heterocycles. The third kappa shape index (κ3) is 4.82. The number of carbonyl (C=O) groups excluding carboxylic acids is 3. The van der Waals surface area contributed by atoms with Crippen LogP contribution in [-0.4, -0.2) is 62.6 Å². The molecule has 5 rings (SSSR count). The Morgan fingerprint density at radius 1 is 1.03 bits per heavy atom. The number of cyclic esters (lactones) is 1. The molecule has 3 aliphatic rings. The number of hydrogen-bond donors (Lipinski definition) is 2. The fraction of sp³-hybridized carbons (Fsp3) is 0.292. The van der Waals surface area contributed by atoms with Crippen molar-refractivity contribution in [2.45, 2.75) is 6.10 Å². The van der Waals surface area contributed by atoms with Gasteiger partial charge in [-0.05, 0) is 53.7 Å². The van der Waals surface area contributed by atoms with Gasteiger partial charge in [-0.15, -0.1) is 0 Å². The zero-order valence-electron chi connectivity index (χ0n) is 18.8. The van der Waals surface area contributed by atoms with Crippen LogP contribution in [0.2, 0.25) is 0 Å². The number of anilines is 3. The summed E-state index contributed by atoms with van der Waals surface area (Å²) in [6.07, 6.45) is 0.799. The van der Waals surface area contributed by atoms with Gasteiger partial charge in [0.25, 0.3) is 11.1 Å². The van der Waals surface area contributed by atoms with Crippen molar-refractivity contribution in [1.82, 2.24) is 5.32 Å². The molecule has 3 saturated heterocycles. The molecule has 35 heavy (non-hydrogen) atoms. The number of benzene rings is 2. The summed E-state index contributed by atoms with van der Waals surface area (Å²) >= 11 is 0.894. The first-order valence-electron chi connectivity index (χ1n) is 11.2. The molecule has 182 valence electrons. The summed E-state index contributed by atoms with van der Waals surface area (Å²) in [5, 5.41) is 1.88. The molecule has 0 bridgehead atoms. The van der Waals surface area contributed by atoms with Gasteiger partial charge in [0.05, 0.1) is 22.8 Å². The van der Waals surface area contributed by atoms with E-state index in [2.05, 4.69) is 10.2 Å². The monoisotopic (exact) mass is 497 g/mol. The Morgan fingerprint density at radius 2 is 1.71 bits per heavy atom. The van der Waals surface area contributed by atoms with Crippen molar-refractivity contribution >= 4 is 52.1 Å². The quantitative estimate of drug-likeness (QED) is 0.608. The summed E-state index contributed by atoms with van der Waals surface area (Å²) in [6.45, 7) is 3.25. The van der Waals surface area contributed by atoms with Crippen LogP contribution in [0.1, 0.15) is 5.56 Å². The van der Waals surface area contributed by atoms with Crippen molar-refractivity contribution in [1.29, 1.82) is 0 Å². The predicted octanol–water partition coefficient (Wildman–Crippen LogP) is 2.76. The van der Waals surface area contributed by atoms with Crippen LogP contribution in [0.15, 0.2) is 47.4 Å². The highest BCUT2D eigenvalue weighted by molar-refractivity contribution is 8.18. The summed E-state index contributed by atoms with van der Waals surface area (Å²) < 4.78 is 20.1. The number of hydrogen-bond acceptors (Lipinski definition) is 8. The molecule has 1 atom stereocenters. The Labute approximate surface area is 205 Å². The smallest absolute Gasteiger partial charge is 0.414 e. The zero-order chi connectivity index (χ0) is 24.5. The fourth-order valence-corrected chi connectivity index (χ4v) is 5.02. The fourth-order valence-electron chi connectivity index (χ4n) is 4.33. The van der Waals surface area contributed by atoms with Gasteiger partial charge in [0.1, 0.15) is 11.9 Å². The van der Waals surface area contributed by atoms with Crippen molar-refractivity contribution < 1.29 is 23.5 Å². The molecule has 0 aromatic heterocycles. The molecule has 0 unspecified atom stereocenters. The SMILES string of the molecule is NC[C@H]1CN(c2ccc(N3CCN(c4ccc(/C=C5\SC(=O)NC5=O)cc4)CC3)c(F)c2)C(=O)O1. The molecule has 0 saturated carbocycles. The largest absolute Gasteiger partial charge is 0.443 e. The van der Waals surface area contributed by atoms with Crippen LogP contribution in [0, 0.1) is 5.82 Å². The molecule has 0 spiro atoms. The summed E-state index contributed by atoms with van der Waals surface area (Å²) in [4.78, 5) is 41.0. The lowest BCUT2D eigenvalue weighted by molar-refractivity contribution is -0.115. The number of nitrogens with one attached hydrogen (secondary N) is 1. The molecule has 3 aliphatic heterocycles. The topological polar surface area (TPSA) is 108 Å². The number of imide groups is 1. The first-order valence-corrected chi connectivity index (χ1v) is 12.1. The van der Waals surface area contributed by atoms with E-state index in [-0.39, 0.29) is 29.6 Å². The van der Waals surface area contributed by atoms with E-state index in [0.717, 1.165) is 23.0 Å². The van der Waals surface area contributed by atoms with E-state index in [1.54, 1.807) is 18.2 Å². The minimum atomic E-state index is -0.512. The minimum Gasteiger partial charge on any atom is -0.443 e. The van der Waals surface area contributed by atoms with Crippen LogP contribution < -0.4 is 25.8 Å². The Hall–Kier alpha value is -3.57. The Bertz CT molecular complexity index is 1200. The summed E-state index contributed by atoms with van der Waals surface area (Å²) in [6, 6.07) is 12.6. The van der Waals surface area contributed by atoms with E-state index in [1.165, 1.54) is 11.0 Å². The summed E-state index contributed by atoms with van der Waals surface area (Å²) in [5.74, 6) is -0.759. The minimum absolute atomic E-state index is 0.227. The van der Waals surface area contributed by atoms with Crippen LogP contribution in [0.4, 0.5) is 31.0 Å². The van der Waals surface area contributed by atoms with Crippen LogP contribution in [-0.2, 0) is 9.53 Å². The summed E-state index contributed by atoms with van der Waals surface area (Å²) in [7, 11) is 0. The Balaban J connectivity index is 1.20. The van der Waals surface area contributed by atoms with Crippen molar-refractivity contribution in [3.63, 3.8) is 0 Å². The molecule has 11 heteroatoms. The average Bonchev–Trinajstić information content (AvgIpc) is 3.40. The van der Waals surface area contributed by atoms with Crippen LogP contribution in [0.5, 0.6) is 0 Å². The van der Waals surface area contributed by atoms with E-state index in [4.69, 9.17) is 10.5 Å². The van der Waals surface area contributed by atoms with Gasteiger partial charge in [-0.25, -0.2) is 9.18 Å². The maximum absolute atomic E-state index is 15.0. The lowest BCUT2D eigenvalue weighted by Crippen LogP contribution is -2.46. The molecule has 3 amide bonds. The number of nitrogens with zero attached hydrogens (tertiary/aromatic N) is 3. The second-order valence-corrected chi connectivity index (χ2v) is 9.42. The number of nitrogens with two attached hydrogens (primary N) is 1. The lowest BCUT2D eigenvalue weighted by atomic mass is 10.1. The first-order chi connectivity index (χ1) is 16.9. The molecule has 3 N–H and O–H groups in total. The van der Waals surface area contributed by atoms with Gasteiger partial charge < -0.3 is 20.3 Å². The van der Waals surface area contributed by atoms with Crippen LogP contribution in [0.25, 0.3) is 6.08 Å². The molecule has 0 aliphatic carbocycles. The third-order valence-electron chi connectivity index (χ3n) is 6.20. The van der Waals surface area contributed by atoms with Crippen molar-refractivity contribution in [2.24, 2.45) is 5.73 Å².